The highest BCUT2D eigenvalue weighted by Gasteiger charge is 2.24. The molecule has 0 aromatic heterocycles. The number of hydrogen-bond donors (Lipinski definition) is 0. The average Bonchev–Trinajstić information content (AvgIpc) is 2.26. The molecule has 0 amide bonds. The van der Waals surface area contributed by atoms with Gasteiger partial charge in [-0.05, 0) is 23.8 Å². The van der Waals surface area contributed by atoms with E-state index in [9.17, 15) is 4.79 Å². The van der Waals surface area contributed by atoms with Crippen molar-refractivity contribution in [3.8, 4) is 6.07 Å². The average molecular weight is 292 g/mol. The molecule has 0 saturated heterocycles. The summed E-state index contributed by atoms with van der Waals surface area (Å²) in [5, 5.41) is 9.03. The Morgan fingerprint density at radius 1 is 1.29 bits per heavy atom. The smallest absolute Gasteiger partial charge is 0.178 e. The van der Waals surface area contributed by atoms with Crippen molar-refractivity contribution in [1.82, 2.24) is 0 Å². The summed E-state index contributed by atoms with van der Waals surface area (Å²) in [6.07, 6.45) is 1.63. The van der Waals surface area contributed by atoms with E-state index in [1.165, 1.54) is 0 Å². The molecule has 0 heterocycles. The molecule has 0 fully saturated rings. The topological polar surface area (TPSA) is 40.9 Å². The van der Waals surface area contributed by atoms with E-state index >= 15 is 0 Å². The summed E-state index contributed by atoms with van der Waals surface area (Å²) in [5.74, 6) is -0.136. The number of carbonyl (C=O) groups excluding carboxylic acids is 1. The molecule has 0 unspecified atom stereocenters. The molecule has 0 aliphatic carbocycles. The van der Waals surface area contributed by atoms with Crippen molar-refractivity contribution in [3.63, 3.8) is 0 Å². The Kier molecular flexibility index (Phi) is 4.25. The Morgan fingerprint density at radius 2 is 1.82 bits per heavy atom. The zero-order valence-electron chi connectivity index (χ0n) is 10.1. The largest absolute Gasteiger partial charge is 0.293 e. The number of Topliss-reactive ketones (excluding diaryl/α,β-unsaturated/α-hetero) is 1. The molecule has 0 radical (unpaired) electrons. The SMILES string of the molecule is CC(C)(C)C(=O)/C(C#N)=C\c1ccc(Br)cc1. The van der Waals surface area contributed by atoms with E-state index in [1.807, 2.05) is 51.1 Å². The molecular weight excluding hydrogens is 278 g/mol. The normalized spacial score (nSPS) is 12.1. The summed E-state index contributed by atoms with van der Waals surface area (Å²) < 4.78 is 0.968. The number of nitriles is 1. The number of rotatable bonds is 2. The van der Waals surface area contributed by atoms with Crippen molar-refractivity contribution < 1.29 is 4.79 Å². The number of nitrogens with zero attached hydrogens (tertiary/aromatic N) is 1. The van der Waals surface area contributed by atoms with Gasteiger partial charge in [0, 0.05) is 9.89 Å². The number of carbonyl (C=O) groups is 1. The molecule has 0 saturated carbocycles. The van der Waals surface area contributed by atoms with Gasteiger partial charge in [0.1, 0.15) is 6.07 Å². The van der Waals surface area contributed by atoms with Gasteiger partial charge in [0.25, 0.3) is 0 Å². The fraction of sp³-hybridized carbons (Fsp3) is 0.286. The fourth-order valence-electron chi connectivity index (χ4n) is 1.28. The van der Waals surface area contributed by atoms with Crippen LogP contribution in [0.5, 0.6) is 0 Å². The minimum absolute atomic E-state index is 0.136. The maximum atomic E-state index is 12.0. The van der Waals surface area contributed by atoms with Crippen LogP contribution in [0.4, 0.5) is 0 Å². The van der Waals surface area contributed by atoms with E-state index in [2.05, 4.69) is 15.9 Å². The van der Waals surface area contributed by atoms with Crippen molar-refractivity contribution in [2.45, 2.75) is 20.8 Å². The maximum absolute atomic E-state index is 12.0. The third kappa shape index (κ3) is 3.83. The van der Waals surface area contributed by atoms with Gasteiger partial charge in [0.2, 0.25) is 0 Å². The second-order valence-electron chi connectivity index (χ2n) is 4.80. The molecular formula is C14H14BrNO. The van der Waals surface area contributed by atoms with E-state index in [0.717, 1.165) is 10.0 Å². The lowest BCUT2D eigenvalue weighted by Gasteiger charge is -2.15. The number of ketones is 1. The van der Waals surface area contributed by atoms with Gasteiger partial charge in [0.15, 0.2) is 5.78 Å². The monoisotopic (exact) mass is 291 g/mol. The summed E-state index contributed by atoms with van der Waals surface area (Å²) >= 11 is 3.34. The van der Waals surface area contributed by atoms with Crippen LogP contribution in [0.2, 0.25) is 0 Å². The summed E-state index contributed by atoms with van der Waals surface area (Å²) in [6.45, 7) is 5.42. The first-order valence-corrected chi connectivity index (χ1v) is 6.06. The van der Waals surface area contributed by atoms with Gasteiger partial charge < -0.3 is 0 Å². The van der Waals surface area contributed by atoms with Crippen LogP contribution in [0.25, 0.3) is 6.08 Å². The lowest BCUT2D eigenvalue weighted by atomic mass is 9.86. The Morgan fingerprint density at radius 3 is 2.24 bits per heavy atom. The van der Waals surface area contributed by atoms with Crippen LogP contribution in [-0.4, -0.2) is 5.78 Å². The van der Waals surface area contributed by atoms with Gasteiger partial charge in [-0.3, -0.25) is 4.79 Å². The van der Waals surface area contributed by atoms with Crippen LogP contribution in [0.15, 0.2) is 34.3 Å². The molecule has 17 heavy (non-hydrogen) atoms. The molecule has 88 valence electrons. The van der Waals surface area contributed by atoms with Gasteiger partial charge >= 0.3 is 0 Å². The van der Waals surface area contributed by atoms with Gasteiger partial charge in [-0.25, -0.2) is 0 Å². The van der Waals surface area contributed by atoms with E-state index in [0.29, 0.717) is 0 Å². The molecule has 1 aromatic carbocycles. The lowest BCUT2D eigenvalue weighted by Crippen LogP contribution is -2.21. The van der Waals surface area contributed by atoms with Crippen LogP contribution in [0.3, 0.4) is 0 Å². The van der Waals surface area contributed by atoms with Crippen LogP contribution in [0.1, 0.15) is 26.3 Å². The maximum Gasteiger partial charge on any atom is 0.178 e. The number of benzene rings is 1. The van der Waals surface area contributed by atoms with Crippen molar-refractivity contribution in [1.29, 1.82) is 5.26 Å². The predicted octanol–water partition coefficient (Wildman–Crippen LogP) is 3.97. The Balaban J connectivity index is 3.08. The highest BCUT2D eigenvalue weighted by Crippen LogP contribution is 2.21. The van der Waals surface area contributed by atoms with Crippen molar-refractivity contribution in [2.24, 2.45) is 5.41 Å². The first kappa shape index (κ1) is 13.7. The zero-order chi connectivity index (χ0) is 13.1. The number of allylic oxidation sites excluding steroid dienone is 1. The summed E-state index contributed by atoms with van der Waals surface area (Å²) in [5.41, 5.74) is 0.513. The first-order valence-electron chi connectivity index (χ1n) is 5.27. The summed E-state index contributed by atoms with van der Waals surface area (Å²) in [4.78, 5) is 12.0. The van der Waals surface area contributed by atoms with E-state index < -0.39 is 5.41 Å². The standard InChI is InChI=1S/C14H14BrNO/c1-14(2,3)13(17)11(9-16)8-10-4-6-12(15)7-5-10/h4-8H,1-3H3/b11-8-. The van der Waals surface area contributed by atoms with E-state index in [1.54, 1.807) is 6.08 Å². The number of halogens is 1. The quantitative estimate of drug-likeness (QED) is 0.611. The first-order chi connectivity index (χ1) is 7.84. The van der Waals surface area contributed by atoms with Crippen molar-refractivity contribution >= 4 is 27.8 Å². The van der Waals surface area contributed by atoms with Gasteiger partial charge in [-0.2, -0.15) is 5.26 Å². The second kappa shape index (κ2) is 5.29. The minimum atomic E-state index is -0.531. The molecule has 3 heteroatoms. The molecule has 1 rings (SSSR count). The van der Waals surface area contributed by atoms with Crippen LogP contribution < -0.4 is 0 Å². The Bertz CT molecular complexity index is 486. The zero-order valence-corrected chi connectivity index (χ0v) is 11.7. The fourth-order valence-corrected chi connectivity index (χ4v) is 1.54. The van der Waals surface area contributed by atoms with Gasteiger partial charge in [0.05, 0.1) is 5.57 Å². The van der Waals surface area contributed by atoms with E-state index in [4.69, 9.17) is 5.26 Å². The van der Waals surface area contributed by atoms with Crippen molar-refractivity contribution in [3.05, 3.63) is 39.9 Å². The van der Waals surface area contributed by atoms with Crippen LogP contribution in [0, 0.1) is 16.7 Å². The highest BCUT2D eigenvalue weighted by atomic mass is 79.9. The molecule has 0 N–H and O–H groups in total. The molecule has 0 bridgehead atoms. The molecule has 0 spiro atoms. The molecule has 2 nitrogen and oxygen atoms in total. The van der Waals surface area contributed by atoms with Crippen LogP contribution >= 0.6 is 15.9 Å². The molecule has 1 aromatic rings. The van der Waals surface area contributed by atoms with Gasteiger partial charge in [-0.1, -0.05) is 48.8 Å². The summed E-state index contributed by atoms with van der Waals surface area (Å²) in [6, 6.07) is 9.44. The Hall–Kier alpha value is -1.40. The third-order valence-corrected chi connectivity index (χ3v) is 2.76. The van der Waals surface area contributed by atoms with Crippen molar-refractivity contribution in [2.75, 3.05) is 0 Å². The molecule has 0 aliphatic heterocycles. The Labute approximate surface area is 110 Å². The molecule has 0 aliphatic rings. The number of hydrogen-bond acceptors (Lipinski definition) is 2. The highest BCUT2D eigenvalue weighted by molar-refractivity contribution is 9.10. The van der Waals surface area contributed by atoms with E-state index in [-0.39, 0.29) is 11.4 Å². The third-order valence-electron chi connectivity index (χ3n) is 2.23. The minimum Gasteiger partial charge on any atom is -0.293 e. The lowest BCUT2D eigenvalue weighted by molar-refractivity contribution is -0.121. The van der Waals surface area contributed by atoms with Gasteiger partial charge in [-0.15, -0.1) is 0 Å². The predicted molar refractivity (Wildman–Crippen MR) is 72.2 cm³/mol. The molecule has 0 atom stereocenters. The van der Waals surface area contributed by atoms with Crippen LogP contribution in [-0.2, 0) is 4.79 Å². The second-order valence-corrected chi connectivity index (χ2v) is 5.72. The summed E-state index contributed by atoms with van der Waals surface area (Å²) in [7, 11) is 0.